The molecule has 0 bridgehead atoms. The fourth-order valence-electron chi connectivity index (χ4n) is 4.67. The molecule has 0 saturated carbocycles. The molecule has 0 radical (unpaired) electrons. The molecule has 1 spiro atoms. The molecule has 0 amide bonds. The van der Waals surface area contributed by atoms with E-state index in [1.807, 2.05) is 6.26 Å². The van der Waals surface area contributed by atoms with Gasteiger partial charge in [0.05, 0.1) is 26.4 Å². The van der Waals surface area contributed by atoms with Crippen molar-refractivity contribution >= 4 is 41.1 Å². The minimum absolute atomic E-state index is 0.0224. The molecule has 3 unspecified atom stereocenters. The zero-order chi connectivity index (χ0) is 28.3. The molecule has 1 aliphatic heterocycles. The van der Waals surface area contributed by atoms with E-state index in [9.17, 15) is 14.7 Å². The summed E-state index contributed by atoms with van der Waals surface area (Å²) >= 11 is 8.10. The molecule has 1 aromatic carbocycles. The van der Waals surface area contributed by atoms with E-state index in [0.717, 1.165) is 5.75 Å². The Balaban J connectivity index is 1.75. The van der Waals surface area contributed by atoms with Gasteiger partial charge in [0, 0.05) is 38.2 Å². The zero-order valence-electron chi connectivity index (χ0n) is 22.3. The Kier molecular flexibility index (Phi) is 8.87. The van der Waals surface area contributed by atoms with E-state index in [1.165, 1.54) is 26.5 Å². The lowest BCUT2D eigenvalue weighted by molar-refractivity contribution is -0.118. The number of Topliss-reactive ketones (excluding diaryl/α,β-unsaturated/α-hetero) is 2. The van der Waals surface area contributed by atoms with E-state index in [4.69, 9.17) is 35.1 Å². The maximum atomic E-state index is 13.9. The molecule has 210 valence electrons. The molecule has 11 nitrogen and oxygen atoms in total. The minimum Gasteiger partial charge on any atom is -0.507 e. The average Bonchev–Trinajstić information content (AvgIpc) is 3.52. The first kappa shape index (κ1) is 28.9. The topological polar surface area (TPSA) is 143 Å². The fraction of sp³-hybridized carbons (Fsp3) is 0.500. The van der Waals surface area contributed by atoms with Crippen molar-refractivity contribution in [2.75, 3.05) is 39.9 Å². The number of carbonyl (C=O) groups is 2. The molecule has 4 rings (SSSR count). The molecule has 2 heterocycles. The summed E-state index contributed by atoms with van der Waals surface area (Å²) in [7, 11) is 4.40. The van der Waals surface area contributed by atoms with Gasteiger partial charge >= 0.3 is 0 Å². The number of aliphatic imine (C=N–C) groups is 1. The second-order valence-electron chi connectivity index (χ2n) is 9.12. The number of benzene rings is 1. The van der Waals surface area contributed by atoms with Crippen LogP contribution in [0, 0.1) is 5.92 Å². The Bertz CT molecular complexity index is 1330. The smallest absolute Gasteiger partial charge is 0.251 e. The molecule has 39 heavy (non-hydrogen) atoms. The van der Waals surface area contributed by atoms with Gasteiger partial charge in [-0.15, -0.1) is 0 Å². The molecule has 2 aliphatic rings. The third-order valence-electron chi connectivity index (χ3n) is 6.79. The molecule has 0 fully saturated rings. The number of carbonyl (C=O) groups excluding carboxylic acids is 2. The third-order valence-corrected chi connectivity index (χ3v) is 7.79. The summed E-state index contributed by atoms with van der Waals surface area (Å²) in [6, 6.07) is 0.908. The number of rotatable bonds is 11. The summed E-state index contributed by atoms with van der Waals surface area (Å²) in [5, 5.41) is 15.5. The lowest BCUT2D eigenvalue weighted by Gasteiger charge is -2.36. The quantitative estimate of drug-likeness (QED) is 0.382. The number of hydrogen-bond acceptors (Lipinski definition) is 12. The van der Waals surface area contributed by atoms with E-state index in [-0.39, 0.29) is 51.5 Å². The van der Waals surface area contributed by atoms with E-state index in [2.05, 4.69) is 15.1 Å². The summed E-state index contributed by atoms with van der Waals surface area (Å²) in [5.74, 6) is -0.271. The largest absolute Gasteiger partial charge is 0.507 e. The number of aliphatic hydroxyl groups is 1. The van der Waals surface area contributed by atoms with Crippen molar-refractivity contribution in [2.24, 2.45) is 10.9 Å². The van der Waals surface area contributed by atoms with E-state index in [1.54, 1.807) is 25.8 Å². The molecule has 2 aromatic rings. The average molecular weight is 580 g/mol. The molecule has 1 N–H and O–H groups in total. The van der Waals surface area contributed by atoms with Gasteiger partial charge in [0.25, 0.3) is 5.89 Å². The van der Waals surface area contributed by atoms with Crippen molar-refractivity contribution < 1.29 is 38.2 Å². The normalized spacial score (nSPS) is 21.5. The number of nitrogens with zero attached hydrogens (tertiary/aromatic N) is 3. The Morgan fingerprint density at radius 3 is 2.72 bits per heavy atom. The first-order valence-electron chi connectivity index (χ1n) is 12.2. The van der Waals surface area contributed by atoms with Gasteiger partial charge in [-0.2, -0.15) is 16.7 Å². The van der Waals surface area contributed by atoms with Crippen LogP contribution in [0.3, 0.4) is 0 Å². The van der Waals surface area contributed by atoms with Crippen LogP contribution in [0.5, 0.6) is 17.2 Å². The lowest BCUT2D eigenvalue weighted by Crippen LogP contribution is -2.52. The Hall–Kier alpha value is -3.09. The third kappa shape index (κ3) is 5.12. The first-order valence-corrected chi connectivity index (χ1v) is 14.0. The van der Waals surface area contributed by atoms with Gasteiger partial charge in [0.1, 0.15) is 28.1 Å². The molecule has 3 atom stereocenters. The molecule has 1 aliphatic carbocycles. The van der Waals surface area contributed by atoms with Crippen LogP contribution < -0.4 is 14.2 Å². The van der Waals surface area contributed by atoms with Gasteiger partial charge in [-0.05, 0) is 18.4 Å². The van der Waals surface area contributed by atoms with Crippen LogP contribution in [0.1, 0.15) is 47.9 Å². The molecular weight excluding hydrogens is 550 g/mol. The van der Waals surface area contributed by atoms with Gasteiger partial charge in [-0.1, -0.05) is 23.7 Å². The summed E-state index contributed by atoms with van der Waals surface area (Å²) in [4.78, 5) is 35.9. The van der Waals surface area contributed by atoms with Crippen LogP contribution in [0.2, 0.25) is 5.02 Å². The highest BCUT2D eigenvalue weighted by Crippen LogP contribution is 2.54. The monoisotopic (exact) mass is 579 g/mol. The van der Waals surface area contributed by atoms with Gasteiger partial charge < -0.3 is 28.6 Å². The van der Waals surface area contributed by atoms with Crippen molar-refractivity contribution in [1.82, 2.24) is 10.1 Å². The summed E-state index contributed by atoms with van der Waals surface area (Å²) < 4.78 is 27.3. The summed E-state index contributed by atoms with van der Waals surface area (Å²) in [5.41, 5.74) is -1.95. The number of ketones is 2. The number of fused-ring (bicyclic) bond motifs is 1. The first-order chi connectivity index (χ1) is 18.7. The fourth-order valence-corrected chi connectivity index (χ4v) is 5.39. The van der Waals surface area contributed by atoms with Crippen molar-refractivity contribution in [3.63, 3.8) is 0 Å². The predicted molar refractivity (Wildman–Crippen MR) is 145 cm³/mol. The second-order valence-corrected chi connectivity index (χ2v) is 10.5. The number of thioether (sulfide) groups is 1. The van der Waals surface area contributed by atoms with Crippen LogP contribution in [-0.4, -0.2) is 78.6 Å². The van der Waals surface area contributed by atoms with E-state index < -0.39 is 29.1 Å². The van der Waals surface area contributed by atoms with Crippen LogP contribution >= 0.6 is 23.4 Å². The Morgan fingerprint density at radius 1 is 1.31 bits per heavy atom. The number of aromatic nitrogens is 2. The number of halogens is 1. The van der Waals surface area contributed by atoms with Crippen LogP contribution in [-0.2, 0) is 16.0 Å². The number of aliphatic hydroxyl groups excluding tert-OH is 1. The highest BCUT2D eigenvalue weighted by atomic mass is 35.5. The highest BCUT2D eigenvalue weighted by molar-refractivity contribution is 7.98. The van der Waals surface area contributed by atoms with Gasteiger partial charge in [0.2, 0.25) is 11.4 Å². The van der Waals surface area contributed by atoms with Crippen LogP contribution in [0.4, 0.5) is 0 Å². The van der Waals surface area contributed by atoms with Gasteiger partial charge in [-0.3, -0.25) is 14.6 Å². The lowest BCUT2D eigenvalue weighted by atomic mass is 9.73. The van der Waals surface area contributed by atoms with Gasteiger partial charge in [-0.25, -0.2) is 0 Å². The predicted octanol–water partition coefficient (Wildman–Crippen LogP) is 4.23. The highest BCUT2D eigenvalue weighted by Gasteiger charge is 2.60. The van der Waals surface area contributed by atoms with Crippen molar-refractivity contribution in [1.29, 1.82) is 0 Å². The number of ether oxygens (including phenoxy) is 4. The zero-order valence-corrected chi connectivity index (χ0v) is 23.9. The molecule has 1 aromatic heterocycles. The van der Waals surface area contributed by atoms with Crippen molar-refractivity contribution in [3.05, 3.63) is 39.7 Å². The maximum Gasteiger partial charge on any atom is 0.251 e. The maximum absolute atomic E-state index is 13.9. The van der Waals surface area contributed by atoms with E-state index in [0.29, 0.717) is 25.3 Å². The minimum atomic E-state index is -1.88. The number of allylic oxidation sites excluding steroid dienone is 1. The Labute approximate surface area is 234 Å². The van der Waals surface area contributed by atoms with Gasteiger partial charge in [0.15, 0.2) is 23.1 Å². The summed E-state index contributed by atoms with van der Waals surface area (Å²) in [6.07, 6.45) is 4.16. The van der Waals surface area contributed by atoms with Crippen LogP contribution in [0.25, 0.3) is 0 Å². The van der Waals surface area contributed by atoms with Crippen molar-refractivity contribution in [2.45, 2.75) is 37.8 Å². The van der Waals surface area contributed by atoms with Crippen LogP contribution in [0.15, 0.2) is 26.9 Å². The molecular formula is C26H30ClN3O8S. The van der Waals surface area contributed by atoms with E-state index >= 15 is 0 Å². The standard InChI is InChI=1S/C26H30ClN3O8S/c1-13-10-16(31)14(12-28-15(7-9-39-5)25-29-19(30-38-25)6-8-34-2)23(32)26(13)24(33)20-17(35-3)11-18(36-4)21(27)22(20)37-26/h11-13,15,32H,6-10H2,1-5H3. The molecule has 13 heteroatoms. The number of methoxy groups -OCH3 is 3. The Morgan fingerprint density at radius 2 is 2.05 bits per heavy atom. The SMILES string of the molecule is COCCc1noc(C(CCSC)N=CC2=C(O)C3(Oc4c(Cl)c(OC)cc(OC)c4C3=O)C(C)CC2=O)n1. The van der Waals surface area contributed by atoms with Crippen molar-refractivity contribution in [3.8, 4) is 17.2 Å². The second kappa shape index (κ2) is 12.0. The summed E-state index contributed by atoms with van der Waals surface area (Å²) in [6.45, 7) is 2.09. The number of hydrogen-bond donors (Lipinski definition) is 1. The molecule has 0 saturated heterocycles.